The van der Waals surface area contributed by atoms with Crippen LogP contribution >= 0.6 is 0 Å². The highest BCUT2D eigenvalue weighted by Gasteiger charge is 2.26. The summed E-state index contributed by atoms with van der Waals surface area (Å²) in [6.45, 7) is 4.87. The molecule has 3 unspecified atom stereocenters. The molecule has 3 atom stereocenters. The number of aliphatic hydroxyl groups is 3. The molecule has 0 fully saturated rings. The Hall–Kier alpha value is -1.68. The molecule has 0 amide bonds. The molecule has 3 N–H and O–H groups in total. The maximum atomic E-state index is 10.5. The lowest BCUT2D eigenvalue weighted by molar-refractivity contribution is 0.142. The summed E-state index contributed by atoms with van der Waals surface area (Å²) in [6.07, 6.45) is 9.22. The third-order valence-electron chi connectivity index (χ3n) is 7.30. The van der Waals surface area contributed by atoms with Crippen LogP contribution in [-0.4, -0.2) is 34.6 Å². The molecule has 0 aliphatic heterocycles. The summed E-state index contributed by atoms with van der Waals surface area (Å²) in [5, 5.41) is 29.6. The highest BCUT2D eigenvalue weighted by Crippen LogP contribution is 2.34. The van der Waals surface area contributed by atoms with Crippen molar-refractivity contribution in [1.29, 1.82) is 0 Å². The van der Waals surface area contributed by atoms with Gasteiger partial charge >= 0.3 is 0 Å². The first-order valence-electron chi connectivity index (χ1n) is 12.4. The molecule has 0 heterocycles. The maximum absolute atomic E-state index is 10.5. The summed E-state index contributed by atoms with van der Waals surface area (Å²) < 4.78 is 0. The lowest BCUT2D eigenvalue weighted by atomic mass is 9.75. The first-order chi connectivity index (χ1) is 15.4. The van der Waals surface area contributed by atoms with Crippen LogP contribution in [0.5, 0.6) is 0 Å². The van der Waals surface area contributed by atoms with Crippen molar-refractivity contribution in [2.75, 3.05) is 13.2 Å². The summed E-state index contributed by atoms with van der Waals surface area (Å²) in [6, 6.07) is 21.0. The van der Waals surface area contributed by atoms with Crippen molar-refractivity contribution < 1.29 is 15.3 Å². The van der Waals surface area contributed by atoms with Crippen molar-refractivity contribution in [2.45, 2.75) is 95.0 Å². The molecule has 0 aromatic heterocycles. The van der Waals surface area contributed by atoms with Crippen molar-refractivity contribution >= 4 is 0 Å². The summed E-state index contributed by atoms with van der Waals surface area (Å²) in [7, 11) is 0. The van der Waals surface area contributed by atoms with Gasteiger partial charge in [-0.15, -0.1) is 0 Å². The van der Waals surface area contributed by atoms with Gasteiger partial charge in [0, 0.05) is 13.2 Å². The van der Waals surface area contributed by atoms with E-state index in [9.17, 15) is 15.3 Å². The molecule has 2 aromatic carbocycles. The quantitative estimate of drug-likeness (QED) is 0.274. The Labute approximate surface area is 195 Å². The van der Waals surface area contributed by atoms with E-state index in [0.29, 0.717) is 0 Å². The second-order valence-electron chi connectivity index (χ2n) is 9.95. The predicted molar refractivity (Wildman–Crippen MR) is 134 cm³/mol. The fourth-order valence-corrected chi connectivity index (χ4v) is 4.95. The fourth-order valence-electron chi connectivity index (χ4n) is 4.95. The molecule has 3 nitrogen and oxygen atoms in total. The van der Waals surface area contributed by atoms with Crippen LogP contribution in [0, 0.1) is 0 Å². The Kier molecular flexibility index (Phi) is 11.4. The average molecular weight is 441 g/mol. The fraction of sp³-hybridized carbons (Fsp3) is 0.586. The van der Waals surface area contributed by atoms with Gasteiger partial charge in [0.1, 0.15) is 0 Å². The molecule has 0 saturated heterocycles. The number of hydrogen-bond acceptors (Lipinski definition) is 3. The van der Waals surface area contributed by atoms with Crippen LogP contribution in [0.2, 0.25) is 0 Å². The minimum absolute atomic E-state index is 0.0171. The minimum atomic E-state index is -0.248. The van der Waals surface area contributed by atoms with E-state index in [4.69, 9.17) is 0 Å². The van der Waals surface area contributed by atoms with Crippen LogP contribution in [0.15, 0.2) is 60.7 Å². The Morgan fingerprint density at radius 1 is 0.594 bits per heavy atom. The van der Waals surface area contributed by atoms with Crippen LogP contribution in [0.3, 0.4) is 0 Å². The molecular weight excluding hydrogens is 396 g/mol. The van der Waals surface area contributed by atoms with E-state index in [2.05, 4.69) is 62.4 Å². The first-order valence-corrected chi connectivity index (χ1v) is 12.4. The van der Waals surface area contributed by atoms with Gasteiger partial charge in [0.05, 0.1) is 6.10 Å². The first kappa shape index (κ1) is 26.6. The van der Waals surface area contributed by atoms with Gasteiger partial charge in [-0.3, -0.25) is 0 Å². The monoisotopic (exact) mass is 440 g/mol. The van der Waals surface area contributed by atoms with Gasteiger partial charge in [-0.1, -0.05) is 100 Å². The van der Waals surface area contributed by atoms with Crippen molar-refractivity contribution in [1.82, 2.24) is 0 Å². The van der Waals surface area contributed by atoms with E-state index in [1.54, 1.807) is 0 Å². The van der Waals surface area contributed by atoms with Gasteiger partial charge in [0.25, 0.3) is 0 Å². The normalized spacial score (nSPS) is 16.3. The molecule has 3 heteroatoms. The molecular formula is C29H44O3. The number of unbranched alkanes of at least 4 members (excludes halogenated alkanes) is 2. The highest BCUT2D eigenvalue weighted by molar-refractivity contribution is 5.25. The minimum Gasteiger partial charge on any atom is -0.396 e. The topological polar surface area (TPSA) is 60.7 Å². The lowest BCUT2D eigenvalue weighted by Crippen LogP contribution is -2.24. The Morgan fingerprint density at radius 3 is 1.50 bits per heavy atom. The second kappa shape index (κ2) is 13.8. The molecule has 0 aliphatic carbocycles. The number of rotatable bonds is 16. The van der Waals surface area contributed by atoms with E-state index < -0.39 is 0 Å². The number of aliphatic hydroxyl groups excluding tert-OH is 3. The zero-order valence-electron chi connectivity index (χ0n) is 20.2. The van der Waals surface area contributed by atoms with Gasteiger partial charge in [-0.2, -0.15) is 0 Å². The van der Waals surface area contributed by atoms with Gasteiger partial charge in [0.15, 0.2) is 0 Å². The number of hydrogen-bond donors (Lipinski definition) is 3. The maximum Gasteiger partial charge on any atom is 0.0540 e. The predicted octanol–water partition coefficient (Wildman–Crippen LogP) is 6.15. The van der Waals surface area contributed by atoms with E-state index in [0.717, 1.165) is 64.2 Å². The summed E-state index contributed by atoms with van der Waals surface area (Å²) >= 11 is 0. The highest BCUT2D eigenvalue weighted by atomic mass is 16.3. The Balaban J connectivity index is 1.70. The third-order valence-corrected chi connectivity index (χ3v) is 7.30. The Bertz CT molecular complexity index is 733. The van der Waals surface area contributed by atoms with E-state index in [1.165, 1.54) is 11.1 Å². The van der Waals surface area contributed by atoms with Gasteiger partial charge in [-0.25, -0.2) is 0 Å². The molecule has 32 heavy (non-hydrogen) atoms. The Morgan fingerprint density at radius 2 is 1.03 bits per heavy atom. The van der Waals surface area contributed by atoms with Crippen molar-refractivity contribution in [3.8, 4) is 0 Å². The van der Waals surface area contributed by atoms with E-state index in [1.807, 2.05) is 12.1 Å². The van der Waals surface area contributed by atoms with Gasteiger partial charge in [-0.05, 0) is 60.5 Å². The van der Waals surface area contributed by atoms with Crippen LogP contribution in [0.1, 0.15) is 89.2 Å². The zero-order valence-corrected chi connectivity index (χ0v) is 20.2. The molecule has 0 spiro atoms. The summed E-state index contributed by atoms with van der Waals surface area (Å²) in [5.74, 6) is 0. The van der Waals surface area contributed by atoms with Crippen molar-refractivity contribution in [2.24, 2.45) is 0 Å². The van der Waals surface area contributed by atoms with Crippen LogP contribution in [0.4, 0.5) is 0 Å². The van der Waals surface area contributed by atoms with Crippen LogP contribution < -0.4 is 0 Å². The number of benzene rings is 2. The molecule has 178 valence electrons. The lowest BCUT2D eigenvalue weighted by Gasteiger charge is -2.30. The second-order valence-corrected chi connectivity index (χ2v) is 9.95. The molecule has 0 bridgehead atoms. The molecule has 0 aliphatic rings. The molecule has 2 rings (SSSR count). The zero-order chi connectivity index (χ0) is 23.3. The van der Waals surface area contributed by atoms with Crippen LogP contribution in [0.25, 0.3) is 0 Å². The summed E-state index contributed by atoms with van der Waals surface area (Å²) in [5.41, 5.74) is 2.56. The van der Waals surface area contributed by atoms with E-state index >= 15 is 0 Å². The van der Waals surface area contributed by atoms with Crippen LogP contribution in [-0.2, 0) is 10.8 Å². The van der Waals surface area contributed by atoms with Crippen molar-refractivity contribution in [3.63, 3.8) is 0 Å². The molecule has 2 aromatic rings. The summed E-state index contributed by atoms with van der Waals surface area (Å²) in [4.78, 5) is 0. The average Bonchev–Trinajstić information content (AvgIpc) is 2.80. The molecule has 0 radical (unpaired) electrons. The van der Waals surface area contributed by atoms with E-state index in [-0.39, 0.29) is 30.1 Å². The molecule has 0 saturated carbocycles. The van der Waals surface area contributed by atoms with Crippen molar-refractivity contribution in [3.05, 3.63) is 71.8 Å². The van der Waals surface area contributed by atoms with Gasteiger partial charge in [0.2, 0.25) is 0 Å². The largest absolute Gasteiger partial charge is 0.396 e. The smallest absolute Gasteiger partial charge is 0.0540 e. The standard InChI is InChI=1S/C29H44O3/c1-28(21-23-30,25-13-6-3-7-14-25)19-11-5-10-17-27(32)18-12-20-29(2,22-24-31)26-15-8-4-9-16-26/h3-4,6-9,13-16,27,30-32H,5,10-12,17-24H2,1-2H3. The van der Waals surface area contributed by atoms with Gasteiger partial charge < -0.3 is 15.3 Å². The SMILES string of the molecule is CC(CCO)(CCCCCC(O)CCCC(C)(CCO)c1ccccc1)c1ccccc1. The third kappa shape index (κ3) is 8.35.